The Morgan fingerprint density at radius 3 is 2.64 bits per heavy atom. The molecule has 1 aliphatic carbocycles. The van der Waals surface area contributed by atoms with Gasteiger partial charge in [0.1, 0.15) is 18.5 Å². The van der Waals surface area contributed by atoms with Crippen molar-refractivity contribution in [1.29, 1.82) is 0 Å². The Bertz CT molecular complexity index is 432. The summed E-state index contributed by atoms with van der Waals surface area (Å²) in [6.07, 6.45) is 5.62. The van der Waals surface area contributed by atoms with Gasteiger partial charge in [-0.15, -0.1) is 0 Å². The van der Waals surface area contributed by atoms with Crippen LogP contribution >= 0.6 is 0 Å². The molecule has 1 atom stereocenters. The number of hydrogen-bond acceptors (Lipinski definition) is 4. The molecule has 1 aromatic carbocycles. The van der Waals surface area contributed by atoms with Crippen molar-refractivity contribution in [3.63, 3.8) is 0 Å². The monoisotopic (exact) mass is 307 g/mol. The predicted octanol–water partition coefficient (Wildman–Crippen LogP) is 2.36. The molecule has 2 N–H and O–H groups in total. The fourth-order valence-corrected chi connectivity index (χ4v) is 3.23. The molecule has 1 aliphatic rings. The zero-order chi connectivity index (χ0) is 15.8. The summed E-state index contributed by atoms with van der Waals surface area (Å²) in [5.41, 5.74) is 1.08. The van der Waals surface area contributed by atoms with Gasteiger partial charge in [-0.2, -0.15) is 0 Å². The van der Waals surface area contributed by atoms with E-state index in [0.717, 1.165) is 11.3 Å². The Hall–Kier alpha value is -1.10. The lowest BCUT2D eigenvalue weighted by atomic mass is 9.94. The molecule has 124 valence electrons. The summed E-state index contributed by atoms with van der Waals surface area (Å²) in [5.74, 6) is 0.827. The van der Waals surface area contributed by atoms with Crippen LogP contribution in [0.1, 0.15) is 37.7 Å². The highest BCUT2D eigenvalue weighted by molar-refractivity contribution is 5.31. The van der Waals surface area contributed by atoms with E-state index in [9.17, 15) is 10.2 Å². The van der Waals surface area contributed by atoms with Gasteiger partial charge >= 0.3 is 0 Å². The third-order valence-electron chi connectivity index (χ3n) is 4.45. The maximum atomic E-state index is 10.3. The summed E-state index contributed by atoms with van der Waals surface area (Å²) in [4.78, 5) is 2.23. The summed E-state index contributed by atoms with van der Waals surface area (Å²) in [6.45, 7) is 3.63. The number of benzene rings is 1. The van der Waals surface area contributed by atoms with Gasteiger partial charge in [-0.05, 0) is 31.4 Å². The molecule has 22 heavy (non-hydrogen) atoms. The van der Waals surface area contributed by atoms with Crippen LogP contribution in [0.5, 0.6) is 5.75 Å². The van der Waals surface area contributed by atoms with Gasteiger partial charge in [-0.25, -0.2) is 0 Å². The molecule has 4 heteroatoms. The van der Waals surface area contributed by atoms with E-state index in [1.54, 1.807) is 0 Å². The van der Waals surface area contributed by atoms with Crippen LogP contribution in [-0.2, 0) is 0 Å². The van der Waals surface area contributed by atoms with Crippen LogP contribution in [0.2, 0.25) is 0 Å². The normalized spacial score (nSPS) is 17.6. The van der Waals surface area contributed by atoms with Crippen LogP contribution in [0.4, 0.5) is 0 Å². The molecule has 0 radical (unpaired) electrons. The highest BCUT2D eigenvalue weighted by Crippen LogP contribution is 2.23. The smallest absolute Gasteiger partial charge is 0.122 e. The lowest BCUT2D eigenvalue weighted by molar-refractivity contribution is 0.0357. The molecule has 1 unspecified atom stereocenters. The van der Waals surface area contributed by atoms with E-state index < -0.39 is 6.10 Å². The summed E-state index contributed by atoms with van der Waals surface area (Å²) in [5, 5.41) is 19.6. The standard InChI is InChI=1S/C18H29NO3/c1-15-7-5-6-10-18(15)22-14-17(21)13-19(11-12-20)16-8-3-2-4-9-16/h5-7,10,16-17,20-21H,2-4,8-9,11-14H2,1H3. The molecule has 0 aliphatic heterocycles. The minimum atomic E-state index is -0.534. The van der Waals surface area contributed by atoms with Crippen LogP contribution in [0, 0.1) is 6.92 Å². The van der Waals surface area contributed by atoms with Gasteiger partial charge in [-0.1, -0.05) is 37.5 Å². The summed E-state index contributed by atoms with van der Waals surface area (Å²) in [6, 6.07) is 8.34. The summed E-state index contributed by atoms with van der Waals surface area (Å²) in [7, 11) is 0. The number of hydrogen-bond donors (Lipinski definition) is 2. The molecule has 4 nitrogen and oxygen atoms in total. The van der Waals surface area contributed by atoms with E-state index >= 15 is 0 Å². The Kier molecular flexibility index (Phi) is 7.16. The van der Waals surface area contributed by atoms with Crippen LogP contribution < -0.4 is 4.74 Å². The number of para-hydroxylation sites is 1. The van der Waals surface area contributed by atoms with Crippen molar-refractivity contribution >= 4 is 0 Å². The molecular weight excluding hydrogens is 278 g/mol. The van der Waals surface area contributed by atoms with E-state index in [1.807, 2.05) is 31.2 Å². The molecule has 1 saturated carbocycles. The van der Waals surface area contributed by atoms with Gasteiger partial charge in [0.2, 0.25) is 0 Å². The van der Waals surface area contributed by atoms with E-state index in [4.69, 9.17) is 4.74 Å². The average Bonchev–Trinajstić information content (AvgIpc) is 2.54. The Balaban J connectivity index is 1.82. The second-order valence-corrected chi connectivity index (χ2v) is 6.24. The van der Waals surface area contributed by atoms with Crippen molar-refractivity contribution in [2.45, 2.75) is 51.2 Å². The van der Waals surface area contributed by atoms with Crippen molar-refractivity contribution in [3.8, 4) is 5.75 Å². The first-order valence-electron chi connectivity index (χ1n) is 8.42. The maximum absolute atomic E-state index is 10.3. The molecule has 1 aromatic rings. The number of aliphatic hydroxyl groups excluding tert-OH is 2. The van der Waals surface area contributed by atoms with E-state index in [0.29, 0.717) is 25.7 Å². The van der Waals surface area contributed by atoms with Crippen LogP contribution in [0.25, 0.3) is 0 Å². The Labute approximate surface area is 133 Å². The Morgan fingerprint density at radius 1 is 1.23 bits per heavy atom. The van der Waals surface area contributed by atoms with Gasteiger partial charge < -0.3 is 14.9 Å². The summed E-state index contributed by atoms with van der Waals surface area (Å²) < 4.78 is 5.73. The fourth-order valence-electron chi connectivity index (χ4n) is 3.23. The number of aryl methyl sites for hydroxylation is 1. The molecule has 0 heterocycles. The molecule has 0 spiro atoms. The maximum Gasteiger partial charge on any atom is 0.122 e. The number of ether oxygens (including phenoxy) is 1. The van der Waals surface area contributed by atoms with Gasteiger partial charge in [0.05, 0.1) is 6.61 Å². The zero-order valence-corrected chi connectivity index (χ0v) is 13.6. The van der Waals surface area contributed by atoms with Crippen molar-refractivity contribution < 1.29 is 14.9 Å². The van der Waals surface area contributed by atoms with Gasteiger partial charge in [0.15, 0.2) is 0 Å². The molecule has 2 rings (SSSR count). The number of aliphatic hydroxyl groups is 2. The van der Waals surface area contributed by atoms with Crippen molar-refractivity contribution in [3.05, 3.63) is 29.8 Å². The van der Waals surface area contributed by atoms with Gasteiger partial charge in [-0.3, -0.25) is 4.90 Å². The van der Waals surface area contributed by atoms with Gasteiger partial charge in [0.25, 0.3) is 0 Å². The molecule has 1 fully saturated rings. The molecule has 0 aromatic heterocycles. The third-order valence-corrected chi connectivity index (χ3v) is 4.45. The first-order chi connectivity index (χ1) is 10.7. The topological polar surface area (TPSA) is 52.9 Å². The predicted molar refractivity (Wildman–Crippen MR) is 88.2 cm³/mol. The quantitative estimate of drug-likeness (QED) is 0.774. The lowest BCUT2D eigenvalue weighted by Crippen LogP contribution is -2.44. The first-order valence-corrected chi connectivity index (χ1v) is 8.42. The number of nitrogens with zero attached hydrogens (tertiary/aromatic N) is 1. The number of rotatable bonds is 8. The second-order valence-electron chi connectivity index (χ2n) is 6.24. The average molecular weight is 307 g/mol. The molecule has 0 saturated heterocycles. The van der Waals surface area contributed by atoms with E-state index in [-0.39, 0.29) is 6.61 Å². The molecular formula is C18H29NO3. The molecule has 0 amide bonds. The van der Waals surface area contributed by atoms with E-state index in [2.05, 4.69) is 4.90 Å². The Morgan fingerprint density at radius 2 is 1.95 bits per heavy atom. The fraction of sp³-hybridized carbons (Fsp3) is 0.667. The second kappa shape index (κ2) is 9.13. The largest absolute Gasteiger partial charge is 0.491 e. The van der Waals surface area contributed by atoms with Crippen LogP contribution in [-0.4, -0.2) is 53.6 Å². The van der Waals surface area contributed by atoms with Crippen molar-refractivity contribution in [2.75, 3.05) is 26.3 Å². The van der Waals surface area contributed by atoms with Crippen molar-refractivity contribution in [2.24, 2.45) is 0 Å². The summed E-state index contributed by atoms with van der Waals surface area (Å²) >= 11 is 0. The minimum absolute atomic E-state index is 0.141. The SMILES string of the molecule is Cc1ccccc1OCC(O)CN(CCO)C1CCCCC1. The highest BCUT2D eigenvalue weighted by Gasteiger charge is 2.23. The van der Waals surface area contributed by atoms with E-state index in [1.165, 1.54) is 32.1 Å². The molecule has 0 bridgehead atoms. The van der Waals surface area contributed by atoms with Crippen LogP contribution in [0.15, 0.2) is 24.3 Å². The van der Waals surface area contributed by atoms with Gasteiger partial charge in [0, 0.05) is 19.1 Å². The minimum Gasteiger partial charge on any atom is -0.491 e. The zero-order valence-electron chi connectivity index (χ0n) is 13.6. The van der Waals surface area contributed by atoms with Crippen molar-refractivity contribution in [1.82, 2.24) is 4.90 Å². The van der Waals surface area contributed by atoms with Crippen LogP contribution in [0.3, 0.4) is 0 Å². The third kappa shape index (κ3) is 5.27. The highest BCUT2D eigenvalue weighted by atomic mass is 16.5. The lowest BCUT2D eigenvalue weighted by Gasteiger charge is -2.35. The first kappa shape index (κ1) is 17.3.